The number of nitrogens with one attached hydrogen (secondary N) is 2. The molecule has 0 unspecified atom stereocenters. The fraction of sp³-hybridized carbons (Fsp3) is 0.478. The molecule has 3 heterocycles. The highest BCUT2D eigenvalue weighted by atomic mass is 16.3. The van der Waals surface area contributed by atoms with Crippen molar-refractivity contribution in [3.05, 3.63) is 36.5 Å². The van der Waals surface area contributed by atoms with E-state index in [0.29, 0.717) is 17.5 Å². The van der Waals surface area contributed by atoms with E-state index in [-0.39, 0.29) is 30.4 Å². The van der Waals surface area contributed by atoms with Crippen LogP contribution in [0, 0.1) is 5.92 Å². The quantitative estimate of drug-likeness (QED) is 0.636. The van der Waals surface area contributed by atoms with Crippen LogP contribution >= 0.6 is 0 Å². The Kier molecular flexibility index (Phi) is 6.84. The standard InChI is InChI=1S/C23H30N6O3/c1-16(31)17-8-12-28(13-9-17)19-5-2-4-18(14-19)25-23(32)27-21-7-10-24-22(26-21)29-11-3-6-20(29)15-30/h2,4-5,7,10,14,17,20,30H,3,6,8-9,11-13,15H2,1H3,(H2,24,25,26,27,32)/t20-/m0/s1. The minimum absolute atomic E-state index is 0.0160. The molecule has 2 aromatic rings. The second-order valence-electron chi connectivity index (χ2n) is 8.42. The second-order valence-corrected chi connectivity index (χ2v) is 8.42. The van der Waals surface area contributed by atoms with Crippen LogP contribution in [0.4, 0.5) is 27.9 Å². The van der Waals surface area contributed by atoms with Crippen LogP contribution in [-0.4, -0.2) is 59.2 Å². The molecule has 1 aromatic heterocycles. The average Bonchev–Trinajstić information content (AvgIpc) is 3.28. The largest absolute Gasteiger partial charge is 0.394 e. The molecule has 0 aliphatic carbocycles. The fourth-order valence-corrected chi connectivity index (χ4v) is 4.45. The molecule has 3 N–H and O–H groups in total. The summed E-state index contributed by atoms with van der Waals surface area (Å²) in [4.78, 5) is 37.1. The van der Waals surface area contributed by atoms with Gasteiger partial charge in [0.05, 0.1) is 12.6 Å². The summed E-state index contributed by atoms with van der Waals surface area (Å²) in [7, 11) is 0. The Morgan fingerprint density at radius 2 is 1.94 bits per heavy atom. The van der Waals surface area contributed by atoms with Crippen molar-refractivity contribution in [1.82, 2.24) is 9.97 Å². The van der Waals surface area contributed by atoms with Crippen molar-refractivity contribution in [2.75, 3.05) is 46.7 Å². The highest BCUT2D eigenvalue weighted by Crippen LogP contribution is 2.26. The Bertz CT molecular complexity index is 960. The molecule has 0 bridgehead atoms. The lowest BCUT2D eigenvalue weighted by molar-refractivity contribution is -0.121. The third-order valence-electron chi connectivity index (χ3n) is 6.27. The number of carbonyl (C=O) groups excluding carboxylic acids is 2. The Balaban J connectivity index is 1.36. The van der Waals surface area contributed by atoms with Crippen molar-refractivity contribution in [1.29, 1.82) is 0 Å². The van der Waals surface area contributed by atoms with E-state index in [1.807, 2.05) is 29.2 Å². The fourth-order valence-electron chi connectivity index (χ4n) is 4.45. The zero-order valence-electron chi connectivity index (χ0n) is 18.3. The van der Waals surface area contributed by atoms with Gasteiger partial charge in [-0.05, 0) is 56.9 Å². The second kappa shape index (κ2) is 9.95. The van der Waals surface area contributed by atoms with Gasteiger partial charge < -0.3 is 20.2 Å². The molecule has 2 fully saturated rings. The molecule has 2 aliphatic heterocycles. The first-order valence-corrected chi connectivity index (χ1v) is 11.2. The van der Waals surface area contributed by atoms with Crippen LogP contribution in [-0.2, 0) is 4.79 Å². The predicted octanol–water partition coefficient (Wildman–Crippen LogP) is 2.89. The summed E-state index contributed by atoms with van der Waals surface area (Å²) in [5, 5.41) is 15.2. The number of nitrogens with zero attached hydrogens (tertiary/aromatic N) is 4. The van der Waals surface area contributed by atoms with Crippen molar-refractivity contribution < 1.29 is 14.7 Å². The molecule has 0 saturated carbocycles. The number of aliphatic hydroxyl groups excluding tert-OH is 1. The summed E-state index contributed by atoms with van der Waals surface area (Å²) >= 11 is 0. The molecular weight excluding hydrogens is 408 g/mol. The molecule has 9 heteroatoms. The van der Waals surface area contributed by atoms with Crippen molar-refractivity contribution in [3.63, 3.8) is 0 Å². The molecule has 0 radical (unpaired) electrons. The lowest BCUT2D eigenvalue weighted by Gasteiger charge is -2.32. The summed E-state index contributed by atoms with van der Waals surface area (Å²) in [6, 6.07) is 8.98. The van der Waals surface area contributed by atoms with Gasteiger partial charge in [-0.25, -0.2) is 9.78 Å². The van der Waals surface area contributed by atoms with Gasteiger partial charge in [-0.3, -0.25) is 10.1 Å². The summed E-state index contributed by atoms with van der Waals surface area (Å²) < 4.78 is 0. The smallest absolute Gasteiger partial charge is 0.324 e. The number of benzene rings is 1. The number of hydrogen-bond acceptors (Lipinski definition) is 7. The lowest BCUT2D eigenvalue weighted by Crippen LogP contribution is -2.35. The molecule has 1 atom stereocenters. The van der Waals surface area contributed by atoms with E-state index in [2.05, 4.69) is 25.5 Å². The van der Waals surface area contributed by atoms with Crippen LogP contribution in [0.15, 0.2) is 36.5 Å². The Hall–Kier alpha value is -3.20. The van der Waals surface area contributed by atoms with Crippen molar-refractivity contribution in [3.8, 4) is 0 Å². The molecule has 2 aliphatic rings. The number of aliphatic hydroxyl groups is 1. The van der Waals surface area contributed by atoms with Gasteiger partial charge in [-0.15, -0.1) is 0 Å². The molecule has 4 rings (SSSR count). The van der Waals surface area contributed by atoms with Gasteiger partial charge in [0.1, 0.15) is 11.6 Å². The molecule has 2 saturated heterocycles. The van der Waals surface area contributed by atoms with Gasteiger partial charge in [-0.1, -0.05) is 6.07 Å². The summed E-state index contributed by atoms with van der Waals surface area (Å²) in [6.45, 7) is 4.17. The molecule has 32 heavy (non-hydrogen) atoms. The Labute approximate surface area is 187 Å². The van der Waals surface area contributed by atoms with Crippen LogP contribution < -0.4 is 20.4 Å². The SMILES string of the molecule is CC(=O)C1CCN(c2cccc(NC(=O)Nc3ccnc(N4CCC[C@H]4CO)n3)c2)CC1. The summed E-state index contributed by atoms with van der Waals surface area (Å²) in [5.74, 6) is 1.33. The number of anilines is 4. The summed E-state index contributed by atoms with van der Waals surface area (Å²) in [6.07, 6.45) is 5.21. The van der Waals surface area contributed by atoms with E-state index < -0.39 is 0 Å². The van der Waals surface area contributed by atoms with E-state index in [1.54, 1.807) is 19.2 Å². The first-order valence-electron chi connectivity index (χ1n) is 11.2. The molecule has 9 nitrogen and oxygen atoms in total. The van der Waals surface area contributed by atoms with Crippen molar-refractivity contribution in [2.45, 2.75) is 38.6 Å². The maximum absolute atomic E-state index is 12.6. The zero-order valence-corrected chi connectivity index (χ0v) is 18.3. The summed E-state index contributed by atoms with van der Waals surface area (Å²) in [5.41, 5.74) is 1.71. The van der Waals surface area contributed by atoms with Gasteiger partial charge >= 0.3 is 6.03 Å². The average molecular weight is 439 g/mol. The van der Waals surface area contributed by atoms with Gasteiger partial charge in [0.2, 0.25) is 5.95 Å². The van der Waals surface area contributed by atoms with Crippen molar-refractivity contribution in [2.24, 2.45) is 5.92 Å². The van der Waals surface area contributed by atoms with Gasteiger partial charge in [0, 0.05) is 43.1 Å². The van der Waals surface area contributed by atoms with Gasteiger partial charge in [0.25, 0.3) is 0 Å². The Morgan fingerprint density at radius 1 is 1.12 bits per heavy atom. The minimum Gasteiger partial charge on any atom is -0.394 e. The molecule has 1 aromatic carbocycles. The predicted molar refractivity (Wildman–Crippen MR) is 124 cm³/mol. The normalized spacial score (nSPS) is 19.1. The third kappa shape index (κ3) is 5.16. The van der Waals surface area contributed by atoms with Gasteiger partial charge in [-0.2, -0.15) is 4.98 Å². The third-order valence-corrected chi connectivity index (χ3v) is 6.27. The molecule has 170 valence electrons. The van der Waals surface area contributed by atoms with E-state index in [4.69, 9.17) is 0 Å². The molecule has 2 amide bonds. The van der Waals surface area contributed by atoms with Crippen LogP contribution in [0.1, 0.15) is 32.6 Å². The monoisotopic (exact) mass is 438 g/mol. The number of ketones is 1. The topological polar surface area (TPSA) is 111 Å². The first kappa shape index (κ1) is 22.0. The number of rotatable bonds is 6. The lowest BCUT2D eigenvalue weighted by atomic mass is 9.93. The molecule has 0 spiro atoms. The van der Waals surface area contributed by atoms with Crippen LogP contribution in [0.3, 0.4) is 0 Å². The van der Waals surface area contributed by atoms with Crippen LogP contribution in [0.2, 0.25) is 0 Å². The Morgan fingerprint density at radius 3 is 2.69 bits per heavy atom. The number of urea groups is 1. The highest BCUT2D eigenvalue weighted by Gasteiger charge is 2.26. The van der Waals surface area contributed by atoms with Crippen molar-refractivity contribution >= 4 is 35.0 Å². The first-order chi connectivity index (χ1) is 15.5. The molecular formula is C23H30N6O3. The van der Waals surface area contributed by atoms with Crippen LogP contribution in [0.25, 0.3) is 0 Å². The van der Waals surface area contributed by atoms with E-state index in [1.165, 1.54) is 0 Å². The number of carbonyl (C=O) groups is 2. The number of hydrogen-bond donors (Lipinski definition) is 3. The van der Waals surface area contributed by atoms with Gasteiger partial charge in [0.15, 0.2) is 0 Å². The maximum atomic E-state index is 12.6. The number of amides is 2. The van der Waals surface area contributed by atoms with Crippen LogP contribution in [0.5, 0.6) is 0 Å². The highest BCUT2D eigenvalue weighted by molar-refractivity contribution is 5.99. The number of Topliss-reactive ketones (excluding diaryl/α,β-unsaturated/α-hetero) is 1. The minimum atomic E-state index is -0.387. The maximum Gasteiger partial charge on any atom is 0.324 e. The number of aromatic nitrogens is 2. The number of piperidine rings is 1. The van der Waals surface area contributed by atoms with E-state index in [9.17, 15) is 14.7 Å². The zero-order chi connectivity index (χ0) is 22.5. The van der Waals surface area contributed by atoms with E-state index >= 15 is 0 Å². The van der Waals surface area contributed by atoms with E-state index in [0.717, 1.165) is 51.0 Å².